The summed E-state index contributed by atoms with van der Waals surface area (Å²) in [6.07, 6.45) is 7.38. The molecular formula is C12H8O2. The molecule has 0 saturated heterocycles. The molecule has 68 valence electrons. The van der Waals surface area contributed by atoms with Gasteiger partial charge < -0.3 is 9.15 Å². The molecule has 0 bridgehead atoms. The first-order valence-electron chi connectivity index (χ1n) is 4.46. The van der Waals surface area contributed by atoms with Crippen LogP contribution < -0.4 is 4.74 Å². The van der Waals surface area contributed by atoms with Gasteiger partial charge in [0.25, 0.3) is 5.95 Å². The zero-order valence-electron chi connectivity index (χ0n) is 7.44. The fraction of sp³-hybridized carbons (Fsp3) is 0. The molecule has 14 heavy (non-hydrogen) atoms. The lowest BCUT2D eigenvalue weighted by Crippen LogP contribution is -1.78. The summed E-state index contributed by atoms with van der Waals surface area (Å²) in [4.78, 5) is 0. The summed E-state index contributed by atoms with van der Waals surface area (Å²) in [5, 5.41) is 1.09. The number of rotatable bonds is 0. The summed E-state index contributed by atoms with van der Waals surface area (Å²) in [6, 6.07) is 7.90. The molecule has 1 aromatic heterocycles. The fourth-order valence-corrected chi connectivity index (χ4v) is 1.59. The largest absolute Gasteiger partial charge is 0.434 e. The summed E-state index contributed by atoms with van der Waals surface area (Å²) >= 11 is 0. The Kier molecular flexibility index (Phi) is 1.47. The topological polar surface area (TPSA) is 22.4 Å². The molecule has 0 unspecified atom stereocenters. The highest BCUT2D eigenvalue weighted by atomic mass is 16.6. The highest BCUT2D eigenvalue weighted by Crippen LogP contribution is 2.33. The molecule has 0 fully saturated rings. The number of furan rings is 1. The SMILES string of the molecule is C1=COc2oc3ccccc3c2C=C1. The van der Waals surface area contributed by atoms with Crippen LogP contribution in [0.2, 0.25) is 0 Å². The molecule has 2 aromatic rings. The van der Waals surface area contributed by atoms with Crippen molar-refractivity contribution in [3.8, 4) is 5.95 Å². The maximum Gasteiger partial charge on any atom is 0.298 e. The van der Waals surface area contributed by atoms with Gasteiger partial charge in [-0.15, -0.1) is 0 Å². The van der Waals surface area contributed by atoms with Gasteiger partial charge in [0.05, 0.1) is 11.8 Å². The summed E-state index contributed by atoms with van der Waals surface area (Å²) < 4.78 is 10.9. The van der Waals surface area contributed by atoms with Gasteiger partial charge in [-0.1, -0.05) is 24.3 Å². The summed E-state index contributed by atoms with van der Waals surface area (Å²) in [6.45, 7) is 0. The molecule has 0 atom stereocenters. The number of para-hydroxylation sites is 1. The molecule has 3 rings (SSSR count). The van der Waals surface area contributed by atoms with Crippen molar-refractivity contribution < 1.29 is 9.15 Å². The van der Waals surface area contributed by atoms with E-state index < -0.39 is 0 Å². The molecule has 0 amide bonds. The third-order valence-corrected chi connectivity index (χ3v) is 2.23. The van der Waals surface area contributed by atoms with Gasteiger partial charge in [-0.25, -0.2) is 0 Å². The van der Waals surface area contributed by atoms with Gasteiger partial charge in [-0.2, -0.15) is 0 Å². The second-order valence-corrected chi connectivity index (χ2v) is 3.10. The Balaban J connectivity index is 2.37. The Labute approximate surface area is 81.1 Å². The van der Waals surface area contributed by atoms with E-state index in [1.165, 1.54) is 0 Å². The van der Waals surface area contributed by atoms with Gasteiger partial charge in [0.1, 0.15) is 5.58 Å². The van der Waals surface area contributed by atoms with Crippen LogP contribution >= 0.6 is 0 Å². The Morgan fingerprint density at radius 2 is 1.93 bits per heavy atom. The van der Waals surface area contributed by atoms with E-state index >= 15 is 0 Å². The lowest BCUT2D eigenvalue weighted by atomic mass is 10.1. The molecule has 0 spiro atoms. The Morgan fingerprint density at radius 1 is 1.00 bits per heavy atom. The van der Waals surface area contributed by atoms with Gasteiger partial charge in [0, 0.05) is 5.39 Å². The maximum absolute atomic E-state index is 5.55. The molecule has 0 saturated carbocycles. The average molecular weight is 184 g/mol. The van der Waals surface area contributed by atoms with Crippen LogP contribution in [0.4, 0.5) is 0 Å². The number of ether oxygens (including phenoxy) is 1. The first-order chi connectivity index (χ1) is 6.95. The molecule has 0 aliphatic carbocycles. The average Bonchev–Trinajstić information content (AvgIpc) is 2.42. The highest BCUT2D eigenvalue weighted by molar-refractivity contribution is 5.90. The minimum atomic E-state index is 0.566. The third-order valence-electron chi connectivity index (χ3n) is 2.23. The molecule has 1 aliphatic heterocycles. The standard InChI is InChI=1S/C12H8O2/c1-2-7-11-9(5-1)10-6-3-4-8-13-12(10)14-11/h1-8H. The number of benzene rings is 1. The zero-order valence-corrected chi connectivity index (χ0v) is 7.44. The van der Waals surface area contributed by atoms with Gasteiger partial charge in [0.15, 0.2) is 0 Å². The van der Waals surface area contributed by atoms with E-state index in [-0.39, 0.29) is 0 Å². The number of hydrogen-bond acceptors (Lipinski definition) is 2. The summed E-state index contributed by atoms with van der Waals surface area (Å²) in [5.74, 6) is 0.566. The van der Waals surface area contributed by atoms with E-state index in [1.54, 1.807) is 6.26 Å². The van der Waals surface area contributed by atoms with Gasteiger partial charge in [-0.05, 0) is 18.2 Å². The first-order valence-corrected chi connectivity index (χ1v) is 4.46. The Hall–Kier alpha value is -1.96. The molecule has 1 aliphatic rings. The predicted molar refractivity (Wildman–Crippen MR) is 55.0 cm³/mol. The third kappa shape index (κ3) is 0.973. The van der Waals surface area contributed by atoms with Crippen LogP contribution in [0.5, 0.6) is 5.95 Å². The minimum Gasteiger partial charge on any atom is -0.434 e. The Morgan fingerprint density at radius 3 is 2.93 bits per heavy atom. The van der Waals surface area contributed by atoms with Crippen molar-refractivity contribution in [1.82, 2.24) is 0 Å². The van der Waals surface area contributed by atoms with Crippen molar-refractivity contribution in [2.24, 2.45) is 0 Å². The lowest BCUT2D eigenvalue weighted by molar-refractivity contribution is 0.358. The maximum atomic E-state index is 5.55. The molecule has 0 radical (unpaired) electrons. The van der Waals surface area contributed by atoms with E-state index in [0.717, 1.165) is 16.5 Å². The molecule has 2 heteroatoms. The van der Waals surface area contributed by atoms with E-state index in [0.29, 0.717) is 5.95 Å². The van der Waals surface area contributed by atoms with Crippen LogP contribution in [0.3, 0.4) is 0 Å². The second kappa shape index (κ2) is 2.77. The summed E-state index contributed by atoms with van der Waals surface area (Å²) in [5.41, 5.74) is 1.86. The summed E-state index contributed by atoms with van der Waals surface area (Å²) in [7, 11) is 0. The van der Waals surface area contributed by atoms with Crippen molar-refractivity contribution in [3.63, 3.8) is 0 Å². The van der Waals surface area contributed by atoms with Gasteiger partial charge in [0.2, 0.25) is 0 Å². The van der Waals surface area contributed by atoms with Crippen molar-refractivity contribution in [2.45, 2.75) is 0 Å². The highest BCUT2D eigenvalue weighted by Gasteiger charge is 2.12. The predicted octanol–water partition coefficient (Wildman–Crippen LogP) is 3.35. The van der Waals surface area contributed by atoms with E-state index in [9.17, 15) is 0 Å². The van der Waals surface area contributed by atoms with Crippen LogP contribution in [0, 0.1) is 0 Å². The fourth-order valence-electron chi connectivity index (χ4n) is 1.59. The van der Waals surface area contributed by atoms with Crippen molar-refractivity contribution in [2.75, 3.05) is 0 Å². The van der Waals surface area contributed by atoms with E-state index in [1.807, 2.05) is 42.5 Å². The van der Waals surface area contributed by atoms with Crippen molar-refractivity contribution >= 4 is 17.0 Å². The second-order valence-electron chi connectivity index (χ2n) is 3.10. The molecule has 2 heterocycles. The van der Waals surface area contributed by atoms with Crippen LogP contribution in [0.1, 0.15) is 5.56 Å². The Bertz CT molecular complexity index is 532. The molecule has 0 N–H and O–H groups in total. The van der Waals surface area contributed by atoms with E-state index in [2.05, 4.69) is 0 Å². The van der Waals surface area contributed by atoms with Crippen molar-refractivity contribution in [1.29, 1.82) is 0 Å². The van der Waals surface area contributed by atoms with Gasteiger partial charge >= 0.3 is 0 Å². The molecule has 1 aromatic carbocycles. The smallest absolute Gasteiger partial charge is 0.298 e. The van der Waals surface area contributed by atoms with Crippen molar-refractivity contribution in [3.05, 3.63) is 48.2 Å². The number of allylic oxidation sites excluding steroid dienone is 2. The van der Waals surface area contributed by atoms with Crippen LogP contribution in [-0.4, -0.2) is 0 Å². The lowest BCUT2D eigenvalue weighted by Gasteiger charge is -1.92. The van der Waals surface area contributed by atoms with Gasteiger partial charge in [-0.3, -0.25) is 0 Å². The van der Waals surface area contributed by atoms with Crippen LogP contribution in [0.15, 0.2) is 47.1 Å². The quantitative estimate of drug-likeness (QED) is 0.626. The monoisotopic (exact) mass is 184 g/mol. The number of hydrogen-bond donors (Lipinski definition) is 0. The number of fused-ring (bicyclic) bond motifs is 3. The minimum absolute atomic E-state index is 0.566. The molecular weight excluding hydrogens is 176 g/mol. The first kappa shape index (κ1) is 7.44. The van der Waals surface area contributed by atoms with E-state index in [4.69, 9.17) is 9.15 Å². The normalized spacial score (nSPS) is 13.7. The van der Waals surface area contributed by atoms with Crippen LogP contribution in [0.25, 0.3) is 17.0 Å². The zero-order chi connectivity index (χ0) is 9.38. The molecule has 2 nitrogen and oxygen atoms in total. The van der Waals surface area contributed by atoms with Crippen LogP contribution in [-0.2, 0) is 0 Å².